The first-order valence-electron chi connectivity index (χ1n) is 4.56. The molecule has 0 amide bonds. The van der Waals surface area contributed by atoms with Gasteiger partial charge in [0.2, 0.25) is 0 Å². The SMILES string of the molecule is Cc1c(Br)ccc2c(CC(=O)O)c[nH]c12. The van der Waals surface area contributed by atoms with Crippen LogP contribution in [0.5, 0.6) is 0 Å². The van der Waals surface area contributed by atoms with Gasteiger partial charge in [0.15, 0.2) is 0 Å². The number of aromatic nitrogens is 1. The first-order chi connectivity index (χ1) is 7.09. The fourth-order valence-corrected chi connectivity index (χ4v) is 2.02. The molecule has 3 nitrogen and oxygen atoms in total. The van der Waals surface area contributed by atoms with E-state index in [9.17, 15) is 4.79 Å². The molecule has 0 bridgehead atoms. The van der Waals surface area contributed by atoms with E-state index >= 15 is 0 Å². The highest BCUT2D eigenvalue weighted by atomic mass is 79.9. The molecule has 2 aromatic rings. The van der Waals surface area contributed by atoms with Crippen LogP contribution in [0.1, 0.15) is 11.1 Å². The van der Waals surface area contributed by atoms with Gasteiger partial charge in [-0.05, 0) is 24.1 Å². The van der Waals surface area contributed by atoms with Crippen LogP contribution in [0.3, 0.4) is 0 Å². The van der Waals surface area contributed by atoms with Gasteiger partial charge >= 0.3 is 5.97 Å². The van der Waals surface area contributed by atoms with Crippen LogP contribution in [0, 0.1) is 6.92 Å². The van der Waals surface area contributed by atoms with E-state index in [2.05, 4.69) is 20.9 Å². The molecular weight excluding hydrogens is 258 g/mol. The standard InChI is InChI=1S/C11H10BrNO2/c1-6-9(12)3-2-8-7(4-10(14)15)5-13-11(6)8/h2-3,5,13H,4H2,1H3,(H,14,15). The van der Waals surface area contributed by atoms with Gasteiger partial charge in [-0.15, -0.1) is 0 Å². The first kappa shape index (κ1) is 10.2. The van der Waals surface area contributed by atoms with E-state index in [1.165, 1.54) is 0 Å². The van der Waals surface area contributed by atoms with Crippen LogP contribution in [0.2, 0.25) is 0 Å². The summed E-state index contributed by atoms with van der Waals surface area (Å²) >= 11 is 3.44. The molecule has 15 heavy (non-hydrogen) atoms. The maximum atomic E-state index is 10.6. The molecule has 0 atom stereocenters. The Morgan fingerprint density at radius 1 is 1.53 bits per heavy atom. The number of rotatable bonds is 2. The van der Waals surface area contributed by atoms with Gasteiger partial charge in [0, 0.05) is 21.6 Å². The molecule has 0 unspecified atom stereocenters. The molecule has 1 heterocycles. The van der Waals surface area contributed by atoms with Crippen LogP contribution >= 0.6 is 15.9 Å². The van der Waals surface area contributed by atoms with Crippen LogP contribution in [-0.2, 0) is 11.2 Å². The number of hydrogen-bond acceptors (Lipinski definition) is 1. The predicted molar refractivity (Wildman–Crippen MR) is 62.1 cm³/mol. The molecule has 4 heteroatoms. The predicted octanol–water partition coefficient (Wildman–Crippen LogP) is 2.87. The summed E-state index contributed by atoms with van der Waals surface area (Å²) in [5.74, 6) is -0.809. The third kappa shape index (κ3) is 1.77. The average Bonchev–Trinajstić information content (AvgIpc) is 2.55. The Hall–Kier alpha value is -1.29. The van der Waals surface area contributed by atoms with Crippen molar-refractivity contribution in [3.63, 3.8) is 0 Å². The van der Waals surface area contributed by atoms with Gasteiger partial charge in [0.25, 0.3) is 0 Å². The number of aromatic amines is 1. The minimum Gasteiger partial charge on any atom is -0.481 e. The molecule has 1 aromatic heterocycles. The van der Waals surface area contributed by atoms with Crippen LogP contribution in [0.15, 0.2) is 22.8 Å². The van der Waals surface area contributed by atoms with Gasteiger partial charge in [0.05, 0.1) is 6.42 Å². The normalized spacial score (nSPS) is 10.8. The lowest BCUT2D eigenvalue weighted by Gasteiger charge is -2.00. The van der Waals surface area contributed by atoms with Gasteiger partial charge in [0.1, 0.15) is 0 Å². The summed E-state index contributed by atoms with van der Waals surface area (Å²) in [6.07, 6.45) is 1.82. The minimum absolute atomic E-state index is 0.0566. The maximum absolute atomic E-state index is 10.6. The van der Waals surface area contributed by atoms with Crippen molar-refractivity contribution in [2.75, 3.05) is 0 Å². The lowest BCUT2D eigenvalue weighted by atomic mass is 10.1. The van der Waals surface area contributed by atoms with E-state index in [-0.39, 0.29) is 6.42 Å². The molecule has 0 saturated heterocycles. The number of H-pyrrole nitrogens is 1. The number of aryl methyl sites for hydroxylation is 1. The monoisotopic (exact) mass is 267 g/mol. The summed E-state index contributed by atoms with van der Waals surface area (Å²) < 4.78 is 1.03. The highest BCUT2D eigenvalue weighted by molar-refractivity contribution is 9.10. The zero-order chi connectivity index (χ0) is 11.0. The zero-order valence-corrected chi connectivity index (χ0v) is 9.76. The molecule has 0 aliphatic carbocycles. The second-order valence-corrected chi connectivity index (χ2v) is 4.33. The van der Waals surface area contributed by atoms with Crippen molar-refractivity contribution >= 4 is 32.8 Å². The second kappa shape index (κ2) is 3.70. The Bertz CT molecular complexity index is 531. The lowest BCUT2D eigenvalue weighted by molar-refractivity contribution is -0.136. The number of carboxylic acids is 1. The first-order valence-corrected chi connectivity index (χ1v) is 5.35. The molecule has 0 spiro atoms. The van der Waals surface area contributed by atoms with E-state index in [0.29, 0.717) is 0 Å². The minimum atomic E-state index is -0.809. The van der Waals surface area contributed by atoms with E-state index in [0.717, 1.165) is 26.5 Å². The summed E-state index contributed by atoms with van der Waals surface area (Å²) in [6.45, 7) is 1.99. The number of carbonyl (C=O) groups is 1. The molecule has 2 rings (SSSR count). The summed E-state index contributed by atoms with van der Waals surface area (Å²) in [5, 5.41) is 9.73. The third-order valence-electron chi connectivity index (χ3n) is 2.48. The van der Waals surface area contributed by atoms with Crippen LogP contribution in [-0.4, -0.2) is 16.1 Å². The summed E-state index contributed by atoms with van der Waals surface area (Å²) in [4.78, 5) is 13.7. The van der Waals surface area contributed by atoms with Gasteiger partial charge in [-0.25, -0.2) is 0 Å². The molecule has 1 aromatic carbocycles. The van der Waals surface area contributed by atoms with Crippen molar-refractivity contribution in [3.8, 4) is 0 Å². The van der Waals surface area contributed by atoms with E-state index in [1.54, 1.807) is 6.20 Å². The van der Waals surface area contributed by atoms with Crippen molar-refractivity contribution in [2.24, 2.45) is 0 Å². The van der Waals surface area contributed by atoms with Crippen molar-refractivity contribution < 1.29 is 9.90 Å². The largest absolute Gasteiger partial charge is 0.481 e. The molecular formula is C11H10BrNO2. The quantitative estimate of drug-likeness (QED) is 0.879. The van der Waals surface area contributed by atoms with Crippen molar-refractivity contribution in [1.82, 2.24) is 4.98 Å². The molecule has 0 saturated carbocycles. The van der Waals surface area contributed by atoms with Crippen molar-refractivity contribution in [2.45, 2.75) is 13.3 Å². The number of nitrogens with one attached hydrogen (secondary N) is 1. The number of aliphatic carboxylic acids is 1. The fourth-order valence-electron chi connectivity index (χ4n) is 1.69. The Morgan fingerprint density at radius 3 is 2.93 bits per heavy atom. The Kier molecular flexibility index (Phi) is 2.52. The highest BCUT2D eigenvalue weighted by Crippen LogP contribution is 2.27. The maximum Gasteiger partial charge on any atom is 0.307 e. The number of halogens is 1. The van der Waals surface area contributed by atoms with E-state index in [4.69, 9.17) is 5.11 Å². The topological polar surface area (TPSA) is 53.1 Å². The van der Waals surface area contributed by atoms with E-state index in [1.807, 2.05) is 19.1 Å². The Balaban J connectivity index is 2.61. The van der Waals surface area contributed by atoms with Gasteiger partial charge in [-0.1, -0.05) is 22.0 Å². The zero-order valence-electron chi connectivity index (χ0n) is 8.17. The van der Waals surface area contributed by atoms with Gasteiger partial charge in [-0.3, -0.25) is 4.79 Å². The highest BCUT2D eigenvalue weighted by Gasteiger charge is 2.09. The number of fused-ring (bicyclic) bond motifs is 1. The average molecular weight is 268 g/mol. The Labute approximate surface area is 95.2 Å². The lowest BCUT2D eigenvalue weighted by Crippen LogP contribution is -1.98. The van der Waals surface area contributed by atoms with E-state index < -0.39 is 5.97 Å². The molecule has 2 N–H and O–H groups in total. The molecule has 0 aliphatic heterocycles. The van der Waals surface area contributed by atoms with Crippen molar-refractivity contribution in [3.05, 3.63) is 33.9 Å². The molecule has 0 radical (unpaired) electrons. The summed E-state index contributed by atoms with van der Waals surface area (Å²) in [5.41, 5.74) is 2.93. The summed E-state index contributed by atoms with van der Waals surface area (Å²) in [7, 11) is 0. The fraction of sp³-hybridized carbons (Fsp3) is 0.182. The van der Waals surface area contributed by atoms with Crippen LogP contribution < -0.4 is 0 Å². The van der Waals surface area contributed by atoms with Crippen LogP contribution in [0.4, 0.5) is 0 Å². The smallest absolute Gasteiger partial charge is 0.307 e. The van der Waals surface area contributed by atoms with Gasteiger partial charge < -0.3 is 10.1 Å². The molecule has 0 fully saturated rings. The Morgan fingerprint density at radius 2 is 2.27 bits per heavy atom. The summed E-state index contributed by atoms with van der Waals surface area (Å²) in [6, 6.07) is 3.87. The third-order valence-corrected chi connectivity index (χ3v) is 3.34. The number of hydrogen-bond donors (Lipinski definition) is 2. The second-order valence-electron chi connectivity index (χ2n) is 3.48. The molecule has 78 valence electrons. The van der Waals surface area contributed by atoms with Crippen LogP contribution in [0.25, 0.3) is 10.9 Å². The van der Waals surface area contributed by atoms with Gasteiger partial charge in [-0.2, -0.15) is 0 Å². The number of carboxylic acid groups (broad SMARTS) is 1. The van der Waals surface area contributed by atoms with Crippen molar-refractivity contribution in [1.29, 1.82) is 0 Å². The number of benzene rings is 1. The molecule has 0 aliphatic rings.